The van der Waals surface area contributed by atoms with Gasteiger partial charge in [-0.2, -0.15) is 0 Å². The van der Waals surface area contributed by atoms with Gasteiger partial charge in [-0.05, 0) is 29.7 Å². The van der Waals surface area contributed by atoms with Gasteiger partial charge in [0.05, 0.1) is 10.7 Å². The maximum absolute atomic E-state index is 6.18. The largest absolute Gasteiger partial charge is 0.486 e. The predicted molar refractivity (Wildman–Crippen MR) is 71.9 cm³/mol. The molecule has 0 bridgehead atoms. The summed E-state index contributed by atoms with van der Waals surface area (Å²) in [5.41, 5.74) is 2.03. The van der Waals surface area contributed by atoms with Crippen LogP contribution in [-0.4, -0.2) is 9.97 Å². The molecular formula is C14H15ClN2O. The van der Waals surface area contributed by atoms with E-state index < -0.39 is 0 Å². The molecule has 2 rings (SSSR count). The lowest BCUT2D eigenvalue weighted by atomic mass is 10.0. The molecule has 1 aromatic heterocycles. The van der Waals surface area contributed by atoms with Crippen molar-refractivity contribution in [2.24, 2.45) is 0 Å². The van der Waals surface area contributed by atoms with Crippen molar-refractivity contribution < 1.29 is 4.74 Å². The molecule has 1 heterocycles. The third-order valence-electron chi connectivity index (χ3n) is 2.64. The minimum absolute atomic E-state index is 0.392. The summed E-state index contributed by atoms with van der Waals surface area (Å²) in [7, 11) is 0. The molecule has 18 heavy (non-hydrogen) atoms. The molecule has 0 radical (unpaired) electrons. The number of halogens is 1. The highest BCUT2D eigenvalue weighted by molar-refractivity contribution is 6.32. The van der Waals surface area contributed by atoms with E-state index in [4.69, 9.17) is 16.3 Å². The lowest BCUT2D eigenvalue weighted by Gasteiger charge is -2.10. The molecule has 94 valence electrons. The summed E-state index contributed by atoms with van der Waals surface area (Å²) >= 11 is 6.18. The number of rotatable bonds is 4. The van der Waals surface area contributed by atoms with E-state index in [1.165, 1.54) is 11.9 Å². The van der Waals surface area contributed by atoms with Crippen molar-refractivity contribution in [2.45, 2.75) is 26.4 Å². The average molecular weight is 263 g/mol. The van der Waals surface area contributed by atoms with E-state index in [9.17, 15) is 0 Å². The minimum Gasteiger partial charge on any atom is -0.486 e. The quantitative estimate of drug-likeness (QED) is 0.840. The van der Waals surface area contributed by atoms with Gasteiger partial charge in [0.25, 0.3) is 0 Å². The Kier molecular flexibility index (Phi) is 4.15. The Morgan fingerprint density at radius 1 is 1.28 bits per heavy atom. The molecule has 0 amide bonds. The third-order valence-corrected chi connectivity index (χ3v) is 2.94. The van der Waals surface area contributed by atoms with E-state index in [2.05, 4.69) is 23.8 Å². The molecule has 0 N–H and O–H groups in total. The van der Waals surface area contributed by atoms with Crippen LogP contribution in [0.2, 0.25) is 5.02 Å². The van der Waals surface area contributed by atoms with Gasteiger partial charge in [-0.3, -0.25) is 0 Å². The first kappa shape index (κ1) is 12.8. The molecule has 0 fully saturated rings. The number of hydrogen-bond donors (Lipinski definition) is 0. The molecule has 4 heteroatoms. The van der Waals surface area contributed by atoms with Crippen molar-refractivity contribution in [2.75, 3.05) is 0 Å². The van der Waals surface area contributed by atoms with Crippen LogP contribution < -0.4 is 4.74 Å². The number of benzene rings is 1. The van der Waals surface area contributed by atoms with E-state index in [0.717, 1.165) is 5.69 Å². The van der Waals surface area contributed by atoms with E-state index in [-0.39, 0.29) is 0 Å². The van der Waals surface area contributed by atoms with Gasteiger partial charge in [0.15, 0.2) is 0 Å². The zero-order valence-electron chi connectivity index (χ0n) is 10.4. The molecule has 0 aliphatic heterocycles. The van der Waals surface area contributed by atoms with Crippen molar-refractivity contribution in [3.05, 3.63) is 53.1 Å². The smallest absolute Gasteiger partial charge is 0.138 e. The van der Waals surface area contributed by atoms with Crippen molar-refractivity contribution in [3.8, 4) is 5.75 Å². The van der Waals surface area contributed by atoms with Gasteiger partial charge in [0, 0.05) is 6.20 Å². The van der Waals surface area contributed by atoms with Crippen LogP contribution in [0.15, 0.2) is 36.8 Å². The van der Waals surface area contributed by atoms with Gasteiger partial charge in [-0.15, -0.1) is 0 Å². The fraction of sp³-hybridized carbons (Fsp3) is 0.286. The minimum atomic E-state index is 0.392. The monoisotopic (exact) mass is 262 g/mol. The standard InChI is InChI=1S/C14H15ClN2O/c1-10(2)11-3-4-14(13(15)7-11)18-8-12-5-6-16-9-17-12/h3-7,9-10H,8H2,1-2H3. The van der Waals surface area contributed by atoms with Crippen LogP contribution >= 0.6 is 11.6 Å². The first-order chi connectivity index (χ1) is 8.66. The van der Waals surface area contributed by atoms with Gasteiger partial charge < -0.3 is 4.74 Å². The summed E-state index contributed by atoms with van der Waals surface area (Å²) in [6.07, 6.45) is 3.19. The van der Waals surface area contributed by atoms with Gasteiger partial charge in [0.2, 0.25) is 0 Å². The summed E-state index contributed by atoms with van der Waals surface area (Å²) in [6, 6.07) is 7.70. The number of hydrogen-bond acceptors (Lipinski definition) is 3. The van der Waals surface area contributed by atoms with Crippen molar-refractivity contribution in [3.63, 3.8) is 0 Å². The van der Waals surface area contributed by atoms with E-state index in [1.54, 1.807) is 6.20 Å². The van der Waals surface area contributed by atoms with E-state index in [0.29, 0.717) is 23.3 Å². The molecule has 0 saturated carbocycles. The average Bonchev–Trinajstić information content (AvgIpc) is 2.38. The van der Waals surface area contributed by atoms with Gasteiger partial charge in [-0.1, -0.05) is 31.5 Å². The van der Waals surface area contributed by atoms with Gasteiger partial charge >= 0.3 is 0 Å². The fourth-order valence-corrected chi connectivity index (χ4v) is 1.79. The SMILES string of the molecule is CC(C)c1ccc(OCc2ccncn2)c(Cl)c1. The van der Waals surface area contributed by atoms with Crippen LogP contribution in [0.1, 0.15) is 31.0 Å². The Labute approximate surface area is 112 Å². The summed E-state index contributed by atoms with van der Waals surface area (Å²) in [4.78, 5) is 7.95. The van der Waals surface area contributed by atoms with E-state index >= 15 is 0 Å². The topological polar surface area (TPSA) is 35.0 Å². The molecule has 0 saturated heterocycles. The first-order valence-electron chi connectivity index (χ1n) is 5.84. The van der Waals surface area contributed by atoms with Crippen molar-refractivity contribution in [1.82, 2.24) is 9.97 Å². The molecule has 0 aliphatic rings. The number of ether oxygens (including phenoxy) is 1. The zero-order chi connectivity index (χ0) is 13.0. The maximum atomic E-state index is 6.18. The lowest BCUT2D eigenvalue weighted by Crippen LogP contribution is -1.99. The fourth-order valence-electron chi connectivity index (χ4n) is 1.55. The van der Waals surface area contributed by atoms with Crippen molar-refractivity contribution in [1.29, 1.82) is 0 Å². The molecule has 2 aromatic rings. The van der Waals surface area contributed by atoms with Crippen LogP contribution in [-0.2, 0) is 6.61 Å². The first-order valence-corrected chi connectivity index (χ1v) is 6.21. The van der Waals surface area contributed by atoms with E-state index in [1.807, 2.05) is 24.3 Å². The van der Waals surface area contributed by atoms with Gasteiger partial charge in [0.1, 0.15) is 18.7 Å². The van der Waals surface area contributed by atoms with Crippen LogP contribution in [0, 0.1) is 0 Å². The Morgan fingerprint density at radius 2 is 2.11 bits per heavy atom. The number of nitrogens with zero attached hydrogens (tertiary/aromatic N) is 2. The molecule has 3 nitrogen and oxygen atoms in total. The van der Waals surface area contributed by atoms with Crippen LogP contribution in [0.5, 0.6) is 5.75 Å². The molecule has 1 aromatic carbocycles. The highest BCUT2D eigenvalue weighted by Gasteiger charge is 2.06. The highest BCUT2D eigenvalue weighted by atomic mass is 35.5. The molecule has 0 atom stereocenters. The Balaban J connectivity index is 2.06. The normalized spacial score (nSPS) is 10.7. The number of aromatic nitrogens is 2. The Hall–Kier alpha value is -1.61. The summed E-state index contributed by atoms with van der Waals surface area (Å²) in [5, 5.41) is 0.634. The van der Waals surface area contributed by atoms with Crippen LogP contribution in [0.4, 0.5) is 0 Å². The highest BCUT2D eigenvalue weighted by Crippen LogP contribution is 2.28. The second-order valence-electron chi connectivity index (χ2n) is 4.33. The Morgan fingerprint density at radius 3 is 2.72 bits per heavy atom. The summed E-state index contributed by atoms with van der Waals surface area (Å²) in [5.74, 6) is 1.14. The molecule has 0 aliphatic carbocycles. The van der Waals surface area contributed by atoms with Crippen molar-refractivity contribution >= 4 is 11.6 Å². The second-order valence-corrected chi connectivity index (χ2v) is 4.74. The maximum Gasteiger partial charge on any atom is 0.138 e. The predicted octanol–water partition coefficient (Wildman–Crippen LogP) is 3.83. The second kappa shape index (κ2) is 5.83. The summed E-state index contributed by atoms with van der Waals surface area (Å²) in [6.45, 7) is 4.66. The molecule has 0 unspecified atom stereocenters. The van der Waals surface area contributed by atoms with Gasteiger partial charge in [-0.25, -0.2) is 9.97 Å². The van der Waals surface area contributed by atoms with Crippen LogP contribution in [0.3, 0.4) is 0 Å². The molecular weight excluding hydrogens is 248 g/mol. The Bertz CT molecular complexity index is 514. The molecule has 0 spiro atoms. The zero-order valence-corrected chi connectivity index (χ0v) is 11.2. The lowest BCUT2D eigenvalue weighted by molar-refractivity contribution is 0.301. The third kappa shape index (κ3) is 3.20. The van der Waals surface area contributed by atoms with Crippen LogP contribution in [0.25, 0.3) is 0 Å². The summed E-state index contributed by atoms with van der Waals surface area (Å²) < 4.78 is 5.64.